The molecule has 3 nitrogen and oxygen atoms in total. The third kappa shape index (κ3) is 3.99. The highest BCUT2D eigenvalue weighted by Gasteiger charge is 2.26. The Hall–Kier alpha value is -1.51. The lowest BCUT2D eigenvalue weighted by Crippen LogP contribution is -2.45. The molecule has 0 unspecified atom stereocenters. The molecule has 1 aliphatic rings. The van der Waals surface area contributed by atoms with Crippen molar-refractivity contribution in [1.29, 1.82) is 0 Å². The average molecular weight is 289 g/mol. The van der Waals surface area contributed by atoms with Crippen LogP contribution in [0.2, 0.25) is 0 Å². The number of piperidine rings is 1. The van der Waals surface area contributed by atoms with Crippen molar-refractivity contribution in [1.82, 2.24) is 4.90 Å². The van der Waals surface area contributed by atoms with Crippen LogP contribution in [0.3, 0.4) is 0 Å². The fourth-order valence-electron chi connectivity index (χ4n) is 2.95. The van der Waals surface area contributed by atoms with E-state index in [1.165, 1.54) is 6.42 Å². The van der Waals surface area contributed by atoms with Crippen molar-refractivity contribution in [3.63, 3.8) is 0 Å². The summed E-state index contributed by atoms with van der Waals surface area (Å²) < 4.78 is 5.97. The van der Waals surface area contributed by atoms with Gasteiger partial charge in [0.15, 0.2) is 6.10 Å². The van der Waals surface area contributed by atoms with Crippen molar-refractivity contribution in [2.45, 2.75) is 52.6 Å². The van der Waals surface area contributed by atoms with Gasteiger partial charge < -0.3 is 9.64 Å². The zero-order valence-corrected chi connectivity index (χ0v) is 13.6. The van der Waals surface area contributed by atoms with E-state index in [0.29, 0.717) is 11.8 Å². The van der Waals surface area contributed by atoms with Gasteiger partial charge in [-0.1, -0.05) is 39.0 Å². The number of amides is 1. The van der Waals surface area contributed by atoms with Crippen LogP contribution in [0, 0.1) is 5.92 Å². The zero-order chi connectivity index (χ0) is 15.4. The van der Waals surface area contributed by atoms with Gasteiger partial charge >= 0.3 is 0 Å². The minimum absolute atomic E-state index is 0.111. The first kappa shape index (κ1) is 15.9. The third-order valence-corrected chi connectivity index (χ3v) is 4.16. The van der Waals surface area contributed by atoms with E-state index < -0.39 is 6.10 Å². The van der Waals surface area contributed by atoms with Crippen LogP contribution in [0.4, 0.5) is 0 Å². The number of hydrogen-bond acceptors (Lipinski definition) is 2. The second kappa shape index (κ2) is 6.97. The normalized spacial score (nSPS) is 20.4. The number of rotatable bonds is 4. The molecule has 116 valence electrons. The Labute approximate surface area is 128 Å². The van der Waals surface area contributed by atoms with E-state index in [2.05, 4.69) is 26.8 Å². The maximum Gasteiger partial charge on any atom is 0.263 e. The number of ether oxygens (including phenoxy) is 1. The molecule has 0 radical (unpaired) electrons. The fourth-order valence-corrected chi connectivity index (χ4v) is 2.95. The molecule has 1 heterocycles. The summed E-state index contributed by atoms with van der Waals surface area (Å²) in [5.74, 6) is 1.93. The van der Waals surface area contributed by atoms with E-state index in [4.69, 9.17) is 4.74 Å². The monoisotopic (exact) mass is 289 g/mol. The van der Waals surface area contributed by atoms with Gasteiger partial charge in [0.25, 0.3) is 5.91 Å². The highest BCUT2D eigenvalue weighted by atomic mass is 16.5. The van der Waals surface area contributed by atoms with E-state index >= 15 is 0 Å². The van der Waals surface area contributed by atoms with Gasteiger partial charge in [-0.05, 0) is 43.2 Å². The fraction of sp³-hybridized carbons (Fsp3) is 0.611. The van der Waals surface area contributed by atoms with Crippen LogP contribution in [0.5, 0.6) is 5.75 Å². The van der Waals surface area contributed by atoms with Crippen molar-refractivity contribution >= 4 is 5.91 Å². The van der Waals surface area contributed by atoms with Gasteiger partial charge in [-0.2, -0.15) is 0 Å². The molecule has 0 N–H and O–H groups in total. The van der Waals surface area contributed by atoms with Crippen LogP contribution < -0.4 is 4.74 Å². The Balaban J connectivity index is 2.04. The molecule has 0 saturated carbocycles. The van der Waals surface area contributed by atoms with E-state index in [0.717, 1.165) is 30.8 Å². The Morgan fingerprint density at radius 2 is 2.00 bits per heavy atom. The Kier molecular flexibility index (Phi) is 5.27. The summed E-state index contributed by atoms with van der Waals surface area (Å²) in [5, 5.41) is 0. The van der Waals surface area contributed by atoms with E-state index in [-0.39, 0.29) is 5.91 Å². The first-order valence-corrected chi connectivity index (χ1v) is 8.03. The van der Waals surface area contributed by atoms with Gasteiger partial charge in [-0.25, -0.2) is 0 Å². The van der Waals surface area contributed by atoms with Crippen molar-refractivity contribution in [2.75, 3.05) is 13.1 Å². The zero-order valence-electron chi connectivity index (χ0n) is 13.6. The molecule has 21 heavy (non-hydrogen) atoms. The maximum atomic E-state index is 12.5. The lowest BCUT2D eigenvalue weighted by molar-refractivity contribution is -0.139. The molecule has 1 aromatic carbocycles. The van der Waals surface area contributed by atoms with Crippen LogP contribution in [-0.2, 0) is 4.79 Å². The minimum Gasteiger partial charge on any atom is -0.481 e. The Bertz CT molecular complexity index is 484. The summed E-state index contributed by atoms with van der Waals surface area (Å²) in [6.45, 7) is 10.1. The Morgan fingerprint density at radius 3 is 2.67 bits per heavy atom. The number of para-hydroxylation sites is 1. The third-order valence-electron chi connectivity index (χ3n) is 4.16. The van der Waals surface area contributed by atoms with Crippen LogP contribution in [0.1, 0.15) is 52.0 Å². The molecule has 0 aliphatic carbocycles. The van der Waals surface area contributed by atoms with Crippen molar-refractivity contribution < 1.29 is 9.53 Å². The van der Waals surface area contributed by atoms with Gasteiger partial charge in [-0.3, -0.25) is 4.79 Å². The summed E-state index contributed by atoms with van der Waals surface area (Å²) >= 11 is 0. The number of likely N-dealkylation sites (tertiary alicyclic amines) is 1. The highest BCUT2D eigenvalue weighted by molar-refractivity contribution is 5.81. The van der Waals surface area contributed by atoms with Crippen molar-refractivity contribution in [3.8, 4) is 5.75 Å². The van der Waals surface area contributed by atoms with Crippen LogP contribution >= 0.6 is 0 Å². The molecule has 1 amide bonds. The number of hydrogen-bond donors (Lipinski definition) is 0. The topological polar surface area (TPSA) is 29.5 Å². The predicted octanol–water partition coefficient (Wildman–Crippen LogP) is 3.84. The van der Waals surface area contributed by atoms with Crippen LogP contribution in [0.25, 0.3) is 0 Å². The number of carbonyl (C=O) groups is 1. The first-order chi connectivity index (χ1) is 9.99. The molecular formula is C18H27NO2. The molecular weight excluding hydrogens is 262 g/mol. The maximum absolute atomic E-state index is 12.5. The molecule has 2 rings (SSSR count). The highest BCUT2D eigenvalue weighted by Crippen LogP contribution is 2.27. The molecule has 1 fully saturated rings. The number of benzene rings is 1. The van der Waals surface area contributed by atoms with Crippen LogP contribution in [-0.4, -0.2) is 30.0 Å². The molecule has 0 aromatic heterocycles. The quantitative estimate of drug-likeness (QED) is 0.843. The van der Waals surface area contributed by atoms with Gasteiger partial charge in [0.2, 0.25) is 0 Å². The number of nitrogens with zero attached hydrogens (tertiary/aromatic N) is 1. The van der Waals surface area contributed by atoms with Gasteiger partial charge in [-0.15, -0.1) is 0 Å². The standard InChI is InChI=1S/C18H27NO2/c1-13(2)16-9-5-6-10-17(16)21-15(4)18(20)19-11-7-8-14(3)12-19/h5-6,9-10,13-15H,7-8,11-12H2,1-4H3/t14-,15-/m1/s1. The van der Waals surface area contributed by atoms with E-state index in [1.807, 2.05) is 30.0 Å². The number of carbonyl (C=O) groups excluding carboxylic acids is 1. The summed E-state index contributed by atoms with van der Waals surface area (Å²) in [6.07, 6.45) is 1.90. The van der Waals surface area contributed by atoms with Gasteiger partial charge in [0, 0.05) is 13.1 Å². The van der Waals surface area contributed by atoms with E-state index in [1.54, 1.807) is 0 Å². The second-order valence-electron chi connectivity index (χ2n) is 6.48. The molecule has 1 saturated heterocycles. The molecule has 1 aliphatic heterocycles. The van der Waals surface area contributed by atoms with Gasteiger partial charge in [0.05, 0.1) is 0 Å². The summed E-state index contributed by atoms with van der Waals surface area (Å²) in [7, 11) is 0. The van der Waals surface area contributed by atoms with Crippen LogP contribution in [0.15, 0.2) is 24.3 Å². The summed E-state index contributed by atoms with van der Waals surface area (Å²) in [4.78, 5) is 14.5. The summed E-state index contributed by atoms with van der Waals surface area (Å²) in [5.41, 5.74) is 1.16. The van der Waals surface area contributed by atoms with Crippen molar-refractivity contribution in [3.05, 3.63) is 29.8 Å². The molecule has 0 bridgehead atoms. The summed E-state index contributed by atoms with van der Waals surface area (Å²) in [6, 6.07) is 8.00. The smallest absolute Gasteiger partial charge is 0.263 e. The largest absolute Gasteiger partial charge is 0.481 e. The SMILES string of the molecule is CC(C)c1ccccc1O[C@H](C)C(=O)N1CCC[C@@H](C)C1. The molecule has 1 aromatic rings. The first-order valence-electron chi connectivity index (χ1n) is 8.03. The predicted molar refractivity (Wildman–Crippen MR) is 85.6 cm³/mol. The lowest BCUT2D eigenvalue weighted by atomic mass is 10.00. The minimum atomic E-state index is -0.421. The average Bonchev–Trinajstić information content (AvgIpc) is 2.46. The molecule has 0 spiro atoms. The Morgan fingerprint density at radius 1 is 1.29 bits per heavy atom. The second-order valence-corrected chi connectivity index (χ2v) is 6.48. The van der Waals surface area contributed by atoms with E-state index in [9.17, 15) is 4.79 Å². The van der Waals surface area contributed by atoms with Crippen molar-refractivity contribution in [2.24, 2.45) is 5.92 Å². The van der Waals surface area contributed by atoms with Gasteiger partial charge in [0.1, 0.15) is 5.75 Å². The lowest BCUT2D eigenvalue weighted by Gasteiger charge is -2.33. The molecule has 2 atom stereocenters. The molecule has 3 heteroatoms.